The van der Waals surface area contributed by atoms with Crippen molar-refractivity contribution in [2.24, 2.45) is 0 Å². The largest absolute Gasteiger partial charge is 0.381 e. The molecule has 1 aromatic rings. The summed E-state index contributed by atoms with van der Waals surface area (Å²) >= 11 is 3.31. The van der Waals surface area contributed by atoms with Gasteiger partial charge in [0.15, 0.2) is 9.84 Å². The molecule has 4 nitrogen and oxygen atoms in total. The molecular formula is C12H13BrN2O2S. The molecule has 1 N–H and O–H groups in total. The minimum Gasteiger partial charge on any atom is -0.381 e. The molecular weight excluding hydrogens is 316 g/mol. The van der Waals surface area contributed by atoms with Gasteiger partial charge >= 0.3 is 0 Å². The van der Waals surface area contributed by atoms with Gasteiger partial charge in [0, 0.05) is 16.2 Å². The van der Waals surface area contributed by atoms with Crippen LogP contribution in [-0.2, 0) is 9.84 Å². The predicted octanol–water partition coefficient (Wildman–Crippen LogP) is 2.31. The summed E-state index contributed by atoms with van der Waals surface area (Å²) in [6, 6.07) is 7.34. The van der Waals surface area contributed by atoms with Crippen LogP contribution in [0.3, 0.4) is 0 Å². The Labute approximate surface area is 115 Å². The summed E-state index contributed by atoms with van der Waals surface area (Å²) in [4.78, 5) is 0. The number of hydrogen-bond acceptors (Lipinski definition) is 4. The highest BCUT2D eigenvalue weighted by Gasteiger charge is 2.24. The second kappa shape index (κ2) is 5.29. The summed E-state index contributed by atoms with van der Waals surface area (Å²) in [6.45, 7) is 0. The van der Waals surface area contributed by atoms with E-state index < -0.39 is 9.84 Å². The van der Waals surface area contributed by atoms with Gasteiger partial charge < -0.3 is 5.32 Å². The van der Waals surface area contributed by atoms with Crippen LogP contribution in [0.15, 0.2) is 22.7 Å². The lowest BCUT2D eigenvalue weighted by atomic mass is 10.1. The van der Waals surface area contributed by atoms with Crippen molar-refractivity contribution in [1.29, 1.82) is 5.26 Å². The molecule has 0 amide bonds. The normalized spacial score (nSPS) is 22.1. The summed E-state index contributed by atoms with van der Waals surface area (Å²) < 4.78 is 23.8. The zero-order valence-corrected chi connectivity index (χ0v) is 12.1. The average Bonchev–Trinajstić information content (AvgIpc) is 2.28. The third-order valence-electron chi connectivity index (χ3n) is 2.92. The van der Waals surface area contributed by atoms with Crippen LogP contribution in [0, 0.1) is 11.3 Å². The van der Waals surface area contributed by atoms with Gasteiger partial charge in [0.05, 0.1) is 17.1 Å². The van der Waals surface area contributed by atoms with E-state index >= 15 is 0 Å². The van der Waals surface area contributed by atoms with Gasteiger partial charge in [-0.05, 0) is 47.0 Å². The maximum atomic E-state index is 11.5. The van der Waals surface area contributed by atoms with E-state index in [-0.39, 0.29) is 11.8 Å². The van der Waals surface area contributed by atoms with E-state index in [1.54, 1.807) is 18.2 Å². The SMILES string of the molecule is N#Cc1ccc(NC2CCCS(=O)(=O)C2)cc1Br. The minimum absolute atomic E-state index is 0.0383. The van der Waals surface area contributed by atoms with E-state index in [2.05, 4.69) is 27.3 Å². The first-order chi connectivity index (χ1) is 8.50. The Morgan fingerprint density at radius 2 is 2.22 bits per heavy atom. The number of nitrogens with one attached hydrogen (secondary N) is 1. The molecule has 0 aliphatic carbocycles. The molecule has 6 heteroatoms. The Kier molecular flexibility index (Phi) is 3.93. The van der Waals surface area contributed by atoms with Gasteiger partial charge in [-0.15, -0.1) is 0 Å². The number of nitriles is 1. The number of anilines is 1. The number of nitrogens with zero attached hydrogens (tertiary/aromatic N) is 1. The maximum Gasteiger partial charge on any atom is 0.152 e. The van der Waals surface area contributed by atoms with Crippen molar-refractivity contribution in [2.45, 2.75) is 18.9 Å². The lowest BCUT2D eigenvalue weighted by Crippen LogP contribution is -2.34. The molecule has 2 rings (SSSR count). The topological polar surface area (TPSA) is 70.0 Å². The Balaban J connectivity index is 2.10. The van der Waals surface area contributed by atoms with E-state index in [0.29, 0.717) is 22.2 Å². The molecule has 1 aliphatic heterocycles. The van der Waals surface area contributed by atoms with Gasteiger partial charge in [0.2, 0.25) is 0 Å². The molecule has 0 bridgehead atoms. The minimum atomic E-state index is -2.90. The van der Waals surface area contributed by atoms with Crippen LogP contribution in [-0.4, -0.2) is 26.0 Å². The first-order valence-electron chi connectivity index (χ1n) is 5.67. The zero-order valence-electron chi connectivity index (χ0n) is 9.69. The molecule has 1 aliphatic rings. The van der Waals surface area contributed by atoms with E-state index in [0.717, 1.165) is 12.1 Å². The molecule has 1 heterocycles. The second-order valence-corrected chi connectivity index (χ2v) is 7.49. The van der Waals surface area contributed by atoms with Gasteiger partial charge in [0.25, 0.3) is 0 Å². The number of rotatable bonds is 2. The number of benzene rings is 1. The van der Waals surface area contributed by atoms with Crippen LogP contribution >= 0.6 is 15.9 Å². The Bertz CT molecular complexity index is 593. The smallest absolute Gasteiger partial charge is 0.152 e. The van der Waals surface area contributed by atoms with E-state index in [9.17, 15) is 8.42 Å². The summed E-state index contributed by atoms with van der Waals surface area (Å²) in [7, 11) is -2.90. The number of halogens is 1. The lowest BCUT2D eigenvalue weighted by molar-refractivity contribution is 0.562. The molecule has 0 saturated carbocycles. The molecule has 1 aromatic carbocycles. The predicted molar refractivity (Wildman–Crippen MR) is 74.2 cm³/mol. The van der Waals surface area contributed by atoms with Gasteiger partial charge in [-0.2, -0.15) is 5.26 Å². The highest BCUT2D eigenvalue weighted by atomic mass is 79.9. The highest BCUT2D eigenvalue weighted by molar-refractivity contribution is 9.10. The number of hydrogen-bond donors (Lipinski definition) is 1. The van der Waals surface area contributed by atoms with Crippen molar-refractivity contribution >= 4 is 31.5 Å². The fraction of sp³-hybridized carbons (Fsp3) is 0.417. The Morgan fingerprint density at radius 1 is 1.44 bits per heavy atom. The molecule has 0 spiro atoms. The Hall–Kier alpha value is -1.06. The summed E-state index contributed by atoms with van der Waals surface area (Å²) in [5.74, 6) is 0.479. The summed E-state index contributed by atoms with van der Waals surface area (Å²) in [5, 5.41) is 12.0. The van der Waals surface area contributed by atoms with Crippen LogP contribution in [0.25, 0.3) is 0 Å². The third kappa shape index (κ3) is 3.24. The van der Waals surface area contributed by atoms with Crippen molar-refractivity contribution < 1.29 is 8.42 Å². The van der Waals surface area contributed by atoms with Crippen LogP contribution in [0.2, 0.25) is 0 Å². The van der Waals surface area contributed by atoms with Gasteiger partial charge in [-0.25, -0.2) is 8.42 Å². The summed E-state index contributed by atoms with van der Waals surface area (Å²) in [6.07, 6.45) is 1.56. The van der Waals surface area contributed by atoms with Crippen LogP contribution in [0.1, 0.15) is 18.4 Å². The van der Waals surface area contributed by atoms with Crippen molar-refractivity contribution in [3.05, 3.63) is 28.2 Å². The first-order valence-corrected chi connectivity index (χ1v) is 8.28. The molecule has 1 fully saturated rings. The highest BCUT2D eigenvalue weighted by Crippen LogP contribution is 2.23. The van der Waals surface area contributed by atoms with Crippen molar-refractivity contribution in [2.75, 3.05) is 16.8 Å². The molecule has 96 valence electrons. The first kappa shape index (κ1) is 13.4. The lowest BCUT2D eigenvalue weighted by Gasteiger charge is -2.24. The number of sulfone groups is 1. The standard InChI is InChI=1S/C12H13BrN2O2S/c13-12-6-10(4-3-9(12)7-14)15-11-2-1-5-18(16,17)8-11/h3-4,6,11,15H,1-2,5,8H2. The molecule has 1 atom stereocenters. The molecule has 1 unspecified atom stereocenters. The van der Waals surface area contributed by atoms with E-state index in [1.807, 2.05) is 0 Å². The quantitative estimate of drug-likeness (QED) is 0.904. The van der Waals surface area contributed by atoms with Crippen LogP contribution in [0.4, 0.5) is 5.69 Å². The zero-order chi connectivity index (χ0) is 13.2. The fourth-order valence-corrected chi connectivity index (χ4v) is 4.17. The molecule has 18 heavy (non-hydrogen) atoms. The van der Waals surface area contributed by atoms with Gasteiger partial charge in [-0.3, -0.25) is 0 Å². The van der Waals surface area contributed by atoms with Crippen LogP contribution < -0.4 is 5.32 Å². The summed E-state index contributed by atoms with van der Waals surface area (Å²) in [5.41, 5.74) is 1.40. The van der Waals surface area contributed by atoms with Crippen molar-refractivity contribution in [3.8, 4) is 6.07 Å². The van der Waals surface area contributed by atoms with E-state index in [4.69, 9.17) is 5.26 Å². The average molecular weight is 329 g/mol. The third-order valence-corrected chi connectivity index (χ3v) is 5.40. The molecule has 0 radical (unpaired) electrons. The molecule has 1 saturated heterocycles. The second-order valence-electron chi connectivity index (χ2n) is 4.40. The van der Waals surface area contributed by atoms with Crippen LogP contribution in [0.5, 0.6) is 0 Å². The van der Waals surface area contributed by atoms with Gasteiger partial charge in [-0.1, -0.05) is 0 Å². The fourth-order valence-electron chi connectivity index (χ4n) is 2.07. The van der Waals surface area contributed by atoms with Crippen molar-refractivity contribution in [1.82, 2.24) is 0 Å². The monoisotopic (exact) mass is 328 g/mol. The molecule has 0 aromatic heterocycles. The van der Waals surface area contributed by atoms with Crippen molar-refractivity contribution in [3.63, 3.8) is 0 Å². The van der Waals surface area contributed by atoms with Gasteiger partial charge in [0.1, 0.15) is 6.07 Å². The van der Waals surface area contributed by atoms with E-state index in [1.165, 1.54) is 0 Å². The Morgan fingerprint density at radius 3 is 2.83 bits per heavy atom. The maximum absolute atomic E-state index is 11.5.